The average Bonchev–Trinajstić information content (AvgIpc) is 2.14. The Morgan fingerprint density at radius 2 is 1.94 bits per heavy atom. The average molecular weight is 236 g/mol. The van der Waals surface area contributed by atoms with Gasteiger partial charge in [-0.15, -0.1) is 0 Å². The molecule has 1 aromatic heterocycles. The fourth-order valence-corrected chi connectivity index (χ4v) is 1.90. The number of nitrogens with zero attached hydrogens (tertiary/aromatic N) is 2. The molecule has 96 valence electrons. The summed E-state index contributed by atoms with van der Waals surface area (Å²) < 4.78 is 0. The first-order chi connectivity index (χ1) is 8.01. The molecule has 1 rings (SSSR count). The van der Waals surface area contributed by atoms with Crippen LogP contribution in [0.25, 0.3) is 0 Å². The van der Waals surface area contributed by atoms with Crippen LogP contribution in [0.2, 0.25) is 0 Å². The van der Waals surface area contributed by atoms with E-state index in [1.807, 2.05) is 19.9 Å². The fraction of sp³-hybridized carbons (Fsp3) is 0.692. The first-order valence-corrected chi connectivity index (χ1v) is 6.37. The largest absolute Gasteiger partial charge is 0.367 e. The van der Waals surface area contributed by atoms with Crippen LogP contribution < -0.4 is 10.6 Å². The molecular formula is C13H24N4. The van der Waals surface area contributed by atoms with Gasteiger partial charge >= 0.3 is 0 Å². The van der Waals surface area contributed by atoms with Gasteiger partial charge in [0.2, 0.25) is 5.95 Å². The molecule has 2 N–H and O–H groups in total. The predicted molar refractivity (Wildman–Crippen MR) is 73.5 cm³/mol. The Morgan fingerprint density at radius 3 is 2.53 bits per heavy atom. The van der Waals surface area contributed by atoms with E-state index in [0.29, 0.717) is 17.9 Å². The molecule has 0 amide bonds. The standard InChI is InChI=1S/C13H24N4/c1-6-14-13-16-11(5)8-12(17-13)15-10(4)7-9(2)3/h8-10H,6-7H2,1-5H3,(H2,14,15,16,17). The quantitative estimate of drug-likeness (QED) is 0.797. The van der Waals surface area contributed by atoms with Crippen molar-refractivity contribution >= 4 is 11.8 Å². The van der Waals surface area contributed by atoms with E-state index >= 15 is 0 Å². The second-order valence-electron chi connectivity index (χ2n) is 4.92. The van der Waals surface area contributed by atoms with Crippen molar-refractivity contribution in [3.63, 3.8) is 0 Å². The highest BCUT2D eigenvalue weighted by molar-refractivity contribution is 5.42. The smallest absolute Gasteiger partial charge is 0.224 e. The van der Waals surface area contributed by atoms with Crippen LogP contribution in [0.4, 0.5) is 11.8 Å². The van der Waals surface area contributed by atoms with E-state index in [-0.39, 0.29) is 0 Å². The molecule has 17 heavy (non-hydrogen) atoms. The third-order valence-corrected chi connectivity index (χ3v) is 2.41. The van der Waals surface area contributed by atoms with Gasteiger partial charge in [0.25, 0.3) is 0 Å². The van der Waals surface area contributed by atoms with Crippen molar-refractivity contribution in [1.29, 1.82) is 0 Å². The normalized spacial score (nSPS) is 12.6. The molecule has 0 radical (unpaired) electrons. The highest BCUT2D eigenvalue weighted by Gasteiger charge is 2.07. The highest BCUT2D eigenvalue weighted by atomic mass is 15.1. The van der Waals surface area contributed by atoms with Crippen molar-refractivity contribution in [3.8, 4) is 0 Å². The van der Waals surface area contributed by atoms with Gasteiger partial charge in [0.15, 0.2) is 0 Å². The zero-order valence-corrected chi connectivity index (χ0v) is 11.5. The summed E-state index contributed by atoms with van der Waals surface area (Å²) in [4.78, 5) is 8.77. The lowest BCUT2D eigenvalue weighted by atomic mass is 10.1. The topological polar surface area (TPSA) is 49.8 Å². The molecule has 0 bridgehead atoms. The number of aryl methyl sites for hydroxylation is 1. The molecule has 0 spiro atoms. The van der Waals surface area contributed by atoms with Gasteiger partial charge in [0.05, 0.1) is 0 Å². The molecule has 0 fully saturated rings. The predicted octanol–water partition coefficient (Wildman–Crippen LogP) is 3.06. The summed E-state index contributed by atoms with van der Waals surface area (Å²) in [5.41, 5.74) is 0.982. The van der Waals surface area contributed by atoms with Crippen LogP contribution in [0.3, 0.4) is 0 Å². The van der Waals surface area contributed by atoms with Crippen LogP contribution in [-0.4, -0.2) is 22.6 Å². The van der Waals surface area contributed by atoms with E-state index < -0.39 is 0 Å². The van der Waals surface area contributed by atoms with E-state index in [9.17, 15) is 0 Å². The van der Waals surface area contributed by atoms with Gasteiger partial charge in [-0.25, -0.2) is 4.98 Å². The molecule has 0 aliphatic heterocycles. The number of nitrogens with one attached hydrogen (secondary N) is 2. The minimum atomic E-state index is 0.429. The summed E-state index contributed by atoms with van der Waals surface area (Å²) in [6, 6.07) is 2.41. The van der Waals surface area contributed by atoms with Crippen molar-refractivity contribution in [2.45, 2.75) is 47.1 Å². The van der Waals surface area contributed by atoms with E-state index in [4.69, 9.17) is 0 Å². The molecule has 0 aromatic carbocycles. The third-order valence-electron chi connectivity index (χ3n) is 2.41. The molecule has 1 heterocycles. The lowest BCUT2D eigenvalue weighted by Gasteiger charge is -2.17. The molecule has 4 nitrogen and oxygen atoms in total. The lowest BCUT2D eigenvalue weighted by molar-refractivity contribution is 0.539. The number of hydrogen-bond donors (Lipinski definition) is 2. The van der Waals surface area contributed by atoms with Crippen LogP contribution in [0.1, 0.15) is 39.8 Å². The van der Waals surface area contributed by atoms with Crippen LogP contribution >= 0.6 is 0 Å². The molecule has 0 aliphatic rings. The molecule has 0 aliphatic carbocycles. The van der Waals surface area contributed by atoms with Crippen LogP contribution in [0.5, 0.6) is 0 Å². The van der Waals surface area contributed by atoms with Gasteiger partial charge in [-0.1, -0.05) is 13.8 Å². The first kappa shape index (κ1) is 13.7. The summed E-state index contributed by atoms with van der Waals surface area (Å²) in [5.74, 6) is 2.29. The second kappa shape index (κ2) is 6.42. The minimum Gasteiger partial charge on any atom is -0.367 e. The Morgan fingerprint density at radius 1 is 1.24 bits per heavy atom. The molecule has 1 atom stereocenters. The van der Waals surface area contributed by atoms with E-state index in [0.717, 1.165) is 24.5 Å². The molecule has 0 saturated carbocycles. The van der Waals surface area contributed by atoms with Crippen molar-refractivity contribution in [1.82, 2.24) is 9.97 Å². The zero-order valence-electron chi connectivity index (χ0n) is 11.5. The Balaban J connectivity index is 2.69. The van der Waals surface area contributed by atoms with Crippen molar-refractivity contribution in [2.24, 2.45) is 5.92 Å². The molecule has 4 heteroatoms. The number of anilines is 2. The Kier molecular flexibility index (Phi) is 5.19. The summed E-state index contributed by atoms with van der Waals surface area (Å²) in [7, 11) is 0. The Bertz CT molecular complexity index is 349. The van der Waals surface area contributed by atoms with E-state index in [2.05, 4.69) is 41.4 Å². The highest BCUT2D eigenvalue weighted by Crippen LogP contribution is 2.13. The molecular weight excluding hydrogens is 212 g/mol. The molecule has 1 aromatic rings. The van der Waals surface area contributed by atoms with Crippen LogP contribution in [0.15, 0.2) is 6.07 Å². The van der Waals surface area contributed by atoms with Crippen molar-refractivity contribution in [2.75, 3.05) is 17.2 Å². The number of rotatable bonds is 6. The van der Waals surface area contributed by atoms with Gasteiger partial charge in [-0.2, -0.15) is 4.98 Å². The lowest BCUT2D eigenvalue weighted by Crippen LogP contribution is -2.19. The van der Waals surface area contributed by atoms with E-state index in [1.165, 1.54) is 0 Å². The number of hydrogen-bond acceptors (Lipinski definition) is 4. The summed E-state index contributed by atoms with van der Waals surface area (Å²) in [6.07, 6.45) is 1.14. The Hall–Kier alpha value is -1.32. The van der Waals surface area contributed by atoms with Gasteiger partial charge in [-0.3, -0.25) is 0 Å². The monoisotopic (exact) mass is 236 g/mol. The third kappa shape index (κ3) is 5.02. The van der Waals surface area contributed by atoms with Crippen molar-refractivity contribution in [3.05, 3.63) is 11.8 Å². The minimum absolute atomic E-state index is 0.429. The van der Waals surface area contributed by atoms with Gasteiger partial charge in [0, 0.05) is 24.3 Å². The van der Waals surface area contributed by atoms with Crippen molar-refractivity contribution < 1.29 is 0 Å². The summed E-state index contributed by atoms with van der Waals surface area (Å²) in [6.45, 7) is 11.5. The molecule has 0 saturated heterocycles. The molecule has 1 unspecified atom stereocenters. The van der Waals surface area contributed by atoms with Gasteiger partial charge < -0.3 is 10.6 Å². The van der Waals surface area contributed by atoms with Gasteiger partial charge in [0.1, 0.15) is 5.82 Å². The SMILES string of the molecule is CCNc1nc(C)cc(NC(C)CC(C)C)n1. The number of aromatic nitrogens is 2. The van der Waals surface area contributed by atoms with Gasteiger partial charge in [-0.05, 0) is 33.1 Å². The van der Waals surface area contributed by atoms with Crippen LogP contribution in [-0.2, 0) is 0 Å². The zero-order chi connectivity index (χ0) is 12.8. The Labute approximate surface area is 104 Å². The van der Waals surface area contributed by atoms with E-state index in [1.54, 1.807) is 0 Å². The summed E-state index contributed by atoms with van der Waals surface area (Å²) >= 11 is 0. The summed E-state index contributed by atoms with van der Waals surface area (Å²) in [5, 5.41) is 6.56. The maximum absolute atomic E-state index is 4.44. The first-order valence-electron chi connectivity index (χ1n) is 6.37. The second-order valence-corrected chi connectivity index (χ2v) is 4.92. The maximum Gasteiger partial charge on any atom is 0.224 e. The fourth-order valence-electron chi connectivity index (χ4n) is 1.90. The maximum atomic E-state index is 4.44. The van der Waals surface area contributed by atoms with Crippen LogP contribution in [0, 0.1) is 12.8 Å².